The molecule has 0 radical (unpaired) electrons. The molecule has 1 aliphatic carbocycles. The fourth-order valence-electron chi connectivity index (χ4n) is 2.26. The van der Waals surface area contributed by atoms with Gasteiger partial charge in [-0.3, -0.25) is 9.00 Å². The molecule has 0 saturated carbocycles. The van der Waals surface area contributed by atoms with Gasteiger partial charge in [0, 0.05) is 5.75 Å². The monoisotopic (exact) mass is 351 g/mol. The molecule has 0 heterocycles. The van der Waals surface area contributed by atoms with Gasteiger partial charge >= 0.3 is 5.97 Å². The summed E-state index contributed by atoms with van der Waals surface area (Å²) in [5.74, 6) is -3.17. The van der Waals surface area contributed by atoms with Crippen LogP contribution in [0.1, 0.15) is 24.8 Å². The number of allylic oxidation sites excluding steroid dienone is 3. The molecule has 0 bridgehead atoms. The number of hydrogen-bond acceptors (Lipinski definition) is 4. The molecule has 132 valence electrons. The van der Waals surface area contributed by atoms with E-state index in [0.29, 0.717) is 12.0 Å². The number of rotatable bonds is 5. The Morgan fingerprint density at radius 1 is 1.25 bits per heavy atom. The fraction of sp³-hybridized carbons (Fsp3) is 0.389. The maximum Gasteiger partial charge on any atom is 0.310 e. The van der Waals surface area contributed by atoms with Gasteiger partial charge in [-0.15, -0.1) is 0 Å². The van der Waals surface area contributed by atoms with Gasteiger partial charge in [0.1, 0.15) is 0 Å². The number of aliphatic hydroxyl groups excluding tert-OH is 1. The Kier molecular flexibility index (Phi) is 9.22. The normalized spacial score (nSPS) is 17.5. The molecule has 6 heteroatoms. The first-order valence-electron chi connectivity index (χ1n) is 7.74. The molecule has 1 aromatic rings. The van der Waals surface area contributed by atoms with Crippen molar-refractivity contribution in [3.8, 4) is 0 Å². The summed E-state index contributed by atoms with van der Waals surface area (Å²) in [7, 11) is 0. The van der Waals surface area contributed by atoms with Crippen molar-refractivity contribution in [2.45, 2.75) is 32.3 Å². The highest BCUT2D eigenvalue weighted by molar-refractivity contribution is 7.79. The van der Waals surface area contributed by atoms with Gasteiger partial charge in [0.15, 0.2) is 0 Å². The molecule has 0 fully saturated rings. The topological polar surface area (TPSA) is 97.7 Å². The Labute approximate surface area is 145 Å². The van der Waals surface area contributed by atoms with E-state index in [9.17, 15) is 18.7 Å². The number of carboxylic acids is 1. The van der Waals surface area contributed by atoms with E-state index >= 15 is 0 Å². The maximum atomic E-state index is 10.9. The lowest BCUT2D eigenvalue weighted by atomic mass is 9.95. The van der Waals surface area contributed by atoms with Gasteiger partial charge in [0.2, 0.25) is 0 Å². The molecule has 1 aromatic carbocycles. The molecule has 1 unspecified atom stereocenters. The number of aliphatic hydroxyl groups is 1. The van der Waals surface area contributed by atoms with E-state index in [4.69, 9.17) is 5.11 Å². The van der Waals surface area contributed by atoms with Gasteiger partial charge in [-0.05, 0) is 31.8 Å². The van der Waals surface area contributed by atoms with Crippen LogP contribution < -0.4 is 0 Å². The minimum Gasteiger partial charge on any atom is -0.772 e. The van der Waals surface area contributed by atoms with E-state index in [1.807, 2.05) is 30.4 Å². The first kappa shape index (κ1) is 20.3. The molecule has 3 atom stereocenters. The van der Waals surface area contributed by atoms with Crippen molar-refractivity contribution in [1.82, 2.24) is 0 Å². The van der Waals surface area contributed by atoms with E-state index in [-0.39, 0.29) is 0 Å². The Balaban J connectivity index is 0.000000341. The molecule has 0 spiro atoms. The molecule has 0 amide bonds. The molecular formula is C18H23O5S-. The van der Waals surface area contributed by atoms with E-state index in [1.54, 1.807) is 6.08 Å². The van der Waals surface area contributed by atoms with Crippen LogP contribution in [0, 0.1) is 12.8 Å². The van der Waals surface area contributed by atoms with Gasteiger partial charge in [-0.2, -0.15) is 0 Å². The first-order chi connectivity index (χ1) is 11.4. The maximum absolute atomic E-state index is 10.9. The number of aryl methyl sites for hydroxylation is 1. The number of aliphatic carboxylic acids is 1. The molecule has 1 aliphatic rings. The molecule has 2 rings (SSSR count). The van der Waals surface area contributed by atoms with Crippen molar-refractivity contribution in [1.29, 1.82) is 0 Å². The van der Waals surface area contributed by atoms with Crippen LogP contribution in [-0.4, -0.2) is 36.8 Å². The first-order valence-corrected chi connectivity index (χ1v) is 8.98. The van der Waals surface area contributed by atoms with Gasteiger partial charge in [0.05, 0.1) is 12.0 Å². The summed E-state index contributed by atoms with van der Waals surface area (Å²) in [6.45, 7) is 2.08. The van der Waals surface area contributed by atoms with Gasteiger partial charge < -0.3 is 14.8 Å². The Morgan fingerprint density at radius 3 is 2.42 bits per heavy atom. The second kappa shape index (κ2) is 10.9. The van der Waals surface area contributed by atoms with Crippen molar-refractivity contribution >= 4 is 17.0 Å². The second-order valence-electron chi connectivity index (χ2n) is 5.55. The third-order valence-corrected chi connectivity index (χ3v) is 4.23. The highest BCUT2D eigenvalue weighted by Gasteiger charge is 2.29. The summed E-state index contributed by atoms with van der Waals surface area (Å²) in [5.41, 5.74) is 1.90. The van der Waals surface area contributed by atoms with Crippen LogP contribution in [0.2, 0.25) is 0 Å². The number of hydrogen-bond donors (Lipinski definition) is 2. The molecule has 5 nitrogen and oxygen atoms in total. The number of carboxylic acid groups (broad SMARTS) is 1. The smallest absolute Gasteiger partial charge is 0.310 e. The van der Waals surface area contributed by atoms with Crippen LogP contribution in [0.3, 0.4) is 0 Å². The number of benzene rings is 1. The summed E-state index contributed by atoms with van der Waals surface area (Å²) in [6.07, 6.45) is 6.41. The summed E-state index contributed by atoms with van der Waals surface area (Å²) in [4.78, 5) is 10.9. The Bertz CT molecular complexity index is 595. The Morgan fingerprint density at radius 2 is 1.92 bits per heavy atom. The quantitative estimate of drug-likeness (QED) is 0.628. The van der Waals surface area contributed by atoms with Crippen molar-refractivity contribution in [2.75, 3.05) is 5.75 Å². The van der Waals surface area contributed by atoms with E-state index in [2.05, 4.69) is 19.1 Å². The van der Waals surface area contributed by atoms with E-state index in [0.717, 1.165) is 12.8 Å². The largest absolute Gasteiger partial charge is 0.772 e. The van der Waals surface area contributed by atoms with E-state index < -0.39 is 34.8 Å². The van der Waals surface area contributed by atoms with Crippen LogP contribution in [0.4, 0.5) is 0 Å². The van der Waals surface area contributed by atoms with Crippen molar-refractivity contribution < 1.29 is 23.8 Å². The minimum atomic E-state index is -2.48. The molecule has 2 N–H and O–H groups in total. The summed E-state index contributed by atoms with van der Waals surface area (Å²) < 4.78 is 21.1. The summed E-state index contributed by atoms with van der Waals surface area (Å²) in [5, 5.41) is 18.8. The lowest BCUT2D eigenvalue weighted by molar-refractivity contribution is -0.143. The third kappa shape index (κ3) is 7.68. The predicted octanol–water partition coefficient (Wildman–Crippen LogP) is 2.59. The van der Waals surface area contributed by atoms with Crippen molar-refractivity contribution in [3.63, 3.8) is 0 Å². The second-order valence-corrected chi connectivity index (χ2v) is 6.49. The zero-order valence-electron chi connectivity index (χ0n) is 13.6. The summed E-state index contributed by atoms with van der Waals surface area (Å²) in [6, 6.07) is 10.3. The zero-order valence-corrected chi connectivity index (χ0v) is 14.4. The van der Waals surface area contributed by atoms with Crippen LogP contribution in [0.15, 0.2) is 54.1 Å². The lowest BCUT2D eigenvalue weighted by Crippen LogP contribution is -2.34. The highest BCUT2D eigenvalue weighted by atomic mass is 32.2. The zero-order chi connectivity index (χ0) is 17.9. The molecule has 0 aliphatic heterocycles. The highest BCUT2D eigenvalue weighted by Crippen LogP contribution is 2.21. The lowest BCUT2D eigenvalue weighted by Gasteiger charge is -2.22. The van der Waals surface area contributed by atoms with Crippen LogP contribution >= 0.6 is 0 Å². The van der Waals surface area contributed by atoms with Crippen molar-refractivity contribution in [3.05, 3.63) is 59.7 Å². The van der Waals surface area contributed by atoms with Crippen molar-refractivity contribution in [2.24, 2.45) is 5.92 Å². The Hall–Kier alpha value is -1.76. The third-order valence-electron chi connectivity index (χ3n) is 3.59. The van der Waals surface area contributed by atoms with E-state index in [1.165, 1.54) is 5.56 Å². The minimum absolute atomic E-state index is 0.469. The van der Waals surface area contributed by atoms with Crippen LogP contribution in [-0.2, 0) is 15.9 Å². The standard InChI is InChI=1S/C11H16O5S.C7H8/c12-10(8-5-3-1-2-4-6-8)9(11(13)14)7-17(15)16;1-7-5-3-2-4-6-7/h1,3,6,9-10,12H,2,4-5,7H2,(H,13,14)(H,15,16);2-6H,1H3/p-1/t9-,10+;/m1./s1. The summed E-state index contributed by atoms with van der Waals surface area (Å²) >= 11 is -2.48. The SMILES string of the molecule is Cc1ccccc1.O=C(O)[C@H](CS(=O)[O-])[C@@H](O)C1=CCCC=CC1. The molecule has 0 aromatic heterocycles. The van der Waals surface area contributed by atoms with Gasteiger partial charge in [0.25, 0.3) is 0 Å². The predicted molar refractivity (Wildman–Crippen MR) is 93.2 cm³/mol. The average molecular weight is 351 g/mol. The van der Waals surface area contributed by atoms with Crippen LogP contribution in [0.25, 0.3) is 0 Å². The average Bonchev–Trinajstić information content (AvgIpc) is 2.82. The molecule has 24 heavy (non-hydrogen) atoms. The fourth-order valence-corrected chi connectivity index (χ4v) is 2.88. The molecule has 0 saturated heterocycles. The molecular weight excluding hydrogens is 328 g/mol. The van der Waals surface area contributed by atoms with Gasteiger partial charge in [-0.1, -0.05) is 65.2 Å². The number of carbonyl (C=O) groups is 1. The van der Waals surface area contributed by atoms with Gasteiger partial charge in [-0.25, -0.2) is 0 Å². The van der Waals surface area contributed by atoms with Crippen LogP contribution in [0.5, 0.6) is 0 Å².